The molecule has 4 N–H and O–H groups in total. The van der Waals surface area contributed by atoms with Crippen LogP contribution in [0.4, 0.5) is 30.6 Å². The number of rotatable bonds is 5. The lowest BCUT2D eigenvalue weighted by Gasteiger charge is -2.21. The van der Waals surface area contributed by atoms with Gasteiger partial charge >= 0.3 is 6.18 Å². The molecule has 8 nitrogen and oxygen atoms in total. The smallest absolute Gasteiger partial charge is 0.369 e. The fourth-order valence-electron chi connectivity index (χ4n) is 3.02. The predicted octanol–water partition coefficient (Wildman–Crippen LogP) is 2.04. The van der Waals surface area contributed by atoms with E-state index in [1.165, 1.54) is 10.9 Å². The van der Waals surface area contributed by atoms with Crippen molar-refractivity contribution in [2.24, 2.45) is 18.7 Å². The molecule has 0 unspecified atom stereocenters. The van der Waals surface area contributed by atoms with Crippen molar-refractivity contribution in [2.45, 2.75) is 31.5 Å². The van der Waals surface area contributed by atoms with E-state index in [2.05, 4.69) is 25.7 Å². The van der Waals surface area contributed by atoms with Crippen molar-refractivity contribution in [3.63, 3.8) is 0 Å². The van der Waals surface area contributed by atoms with E-state index >= 15 is 0 Å². The minimum absolute atomic E-state index is 0.0119. The van der Waals surface area contributed by atoms with Crippen molar-refractivity contribution >= 4 is 23.4 Å². The highest BCUT2D eigenvalue weighted by molar-refractivity contribution is 5.78. The predicted molar refractivity (Wildman–Crippen MR) is 87.5 cm³/mol. The molecule has 0 spiro atoms. The number of alkyl halides is 3. The van der Waals surface area contributed by atoms with Crippen LogP contribution in [0, 0.1) is 5.92 Å². The van der Waals surface area contributed by atoms with E-state index < -0.39 is 29.6 Å². The first-order valence-corrected chi connectivity index (χ1v) is 8.00. The van der Waals surface area contributed by atoms with Crippen molar-refractivity contribution < 1.29 is 18.0 Å². The number of hydrogen-bond donors (Lipinski definition) is 3. The number of primary amides is 1. The molecule has 2 heterocycles. The standard InChI is InChI=1S/C15H18F3N7O/c1-25-7-8(5-21-25)22-14-20-6-10(15(16,17)18)13(24-14)23-11-4-2-3-9(11)12(19)26/h5-7,9,11H,2-4H2,1H3,(H2,19,26)(H2,20,22,23,24)/t9-,11+/m1/s1. The van der Waals surface area contributed by atoms with Gasteiger partial charge in [0.1, 0.15) is 11.4 Å². The molecule has 1 fully saturated rings. The number of amides is 1. The highest BCUT2D eigenvalue weighted by atomic mass is 19.4. The number of aryl methyl sites for hydroxylation is 1. The number of aromatic nitrogens is 4. The van der Waals surface area contributed by atoms with Gasteiger partial charge in [0, 0.05) is 25.5 Å². The molecule has 26 heavy (non-hydrogen) atoms. The molecule has 0 saturated heterocycles. The molecule has 1 saturated carbocycles. The third-order valence-electron chi connectivity index (χ3n) is 4.26. The number of nitrogens with zero attached hydrogens (tertiary/aromatic N) is 4. The molecule has 2 aromatic heterocycles. The summed E-state index contributed by atoms with van der Waals surface area (Å²) < 4.78 is 41.4. The summed E-state index contributed by atoms with van der Waals surface area (Å²) in [5, 5.41) is 9.50. The Hall–Kier alpha value is -2.85. The molecule has 0 aromatic carbocycles. The summed E-state index contributed by atoms with van der Waals surface area (Å²) in [6.07, 6.45) is 1.000. The number of nitrogens with two attached hydrogens (primary N) is 1. The number of carbonyl (C=O) groups excluding carboxylic acids is 1. The Bertz CT molecular complexity index is 805. The first-order valence-electron chi connectivity index (χ1n) is 8.00. The minimum Gasteiger partial charge on any atom is -0.369 e. The lowest BCUT2D eigenvalue weighted by Crippen LogP contribution is -2.35. The largest absolute Gasteiger partial charge is 0.421 e. The number of anilines is 3. The monoisotopic (exact) mass is 369 g/mol. The van der Waals surface area contributed by atoms with Crippen LogP contribution in [0.3, 0.4) is 0 Å². The van der Waals surface area contributed by atoms with Gasteiger partial charge in [-0.3, -0.25) is 9.48 Å². The van der Waals surface area contributed by atoms with Crippen molar-refractivity contribution in [3.05, 3.63) is 24.2 Å². The average Bonchev–Trinajstić information content (AvgIpc) is 3.15. The summed E-state index contributed by atoms with van der Waals surface area (Å²) in [5.74, 6) is -1.45. The fraction of sp³-hybridized carbons (Fsp3) is 0.467. The molecule has 2 aromatic rings. The number of halogens is 3. The number of hydrogen-bond acceptors (Lipinski definition) is 6. The Kier molecular flexibility index (Phi) is 4.70. The molecule has 3 rings (SSSR count). The lowest BCUT2D eigenvalue weighted by atomic mass is 10.0. The van der Waals surface area contributed by atoms with Gasteiger partial charge in [-0.05, 0) is 12.8 Å². The second-order valence-corrected chi connectivity index (χ2v) is 6.17. The van der Waals surface area contributed by atoms with Crippen LogP contribution in [-0.4, -0.2) is 31.7 Å². The van der Waals surface area contributed by atoms with Crippen LogP contribution in [0.2, 0.25) is 0 Å². The second kappa shape index (κ2) is 6.81. The minimum atomic E-state index is -4.63. The van der Waals surface area contributed by atoms with E-state index in [1.54, 1.807) is 13.2 Å². The van der Waals surface area contributed by atoms with Gasteiger partial charge in [-0.15, -0.1) is 0 Å². The van der Waals surface area contributed by atoms with Crippen molar-refractivity contribution in [3.8, 4) is 0 Å². The Morgan fingerprint density at radius 3 is 2.73 bits per heavy atom. The lowest BCUT2D eigenvalue weighted by molar-refractivity contribution is -0.137. The average molecular weight is 369 g/mol. The van der Waals surface area contributed by atoms with Gasteiger partial charge < -0.3 is 16.4 Å². The van der Waals surface area contributed by atoms with E-state index in [1.807, 2.05) is 0 Å². The number of carbonyl (C=O) groups is 1. The summed E-state index contributed by atoms with van der Waals surface area (Å²) in [5.41, 5.74) is 4.88. The molecule has 1 aliphatic carbocycles. The van der Waals surface area contributed by atoms with Crippen LogP contribution in [0.25, 0.3) is 0 Å². The van der Waals surface area contributed by atoms with E-state index in [9.17, 15) is 18.0 Å². The Morgan fingerprint density at radius 2 is 2.12 bits per heavy atom. The van der Waals surface area contributed by atoms with Crippen LogP contribution in [0.5, 0.6) is 0 Å². The summed E-state index contributed by atoms with van der Waals surface area (Å²) in [4.78, 5) is 19.2. The summed E-state index contributed by atoms with van der Waals surface area (Å²) >= 11 is 0. The Balaban J connectivity index is 1.89. The molecule has 0 bridgehead atoms. The van der Waals surface area contributed by atoms with Gasteiger partial charge in [-0.25, -0.2) is 4.98 Å². The van der Waals surface area contributed by atoms with Gasteiger partial charge in [0.25, 0.3) is 0 Å². The molecule has 140 valence electrons. The first kappa shape index (κ1) is 18.0. The van der Waals surface area contributed by atoms with Crippen LogP contribution in [0.15, 0.2) is 18.6 Å². The van der Waals surface area contributed by atoms with Crippen LogP contribution < -0.4 is 16.4 Å². The second-order valence-electron chi connectivity index (χ2n) is 6.17. The molecule has 0 aliphatic heterocycles. The zero-order chi connectivity index (χ0) is 18.9. The molecule has 11 heteroatoms. The SMILES string of the molecule is Cn1cc(Nc2ncc(C(F)(F)F)c(N[C@H]3CCC[C@H]3C(N)=O)n2)cn1. The molecule has 1 aliphatic rings. The third-order valence-corrected chi connectivity index (χ3v) is 4.26. The van der Waals surface area contributed by atoms with Crippen molar-refractivity contribution in [2.75, 3.05) is 10.6 Å². The number of nitrogens with one attached hydrogen (secondary N) is 2. The van der Waals surface area contributed by atoms with Gasteiger partial charge in [-0.1, -0.05) is 6.42 Å². The van der Waals surface area contributed by atoms with E-state index in [0.29, 0.717) is 31.1 Å². The van der Waals surface area contributed by atoms with Gasteiger partial charge in [-0.2, -0.15) is 23.3 Å². The summed E-state index contributed by atoms with van der Waals surface area (Å²) in [6, 6.07) is -0.491. The Labute approximate surface area is 147 Å². The summed E-state index contributed by atoms with van der Waals surface area (Å²) in [6.45, 7) is 0. The Morgan fingerprint density at radius 1 is 1.35 bits per heavy atom. The zero-order valence-corrected chi connectivity index (χ0v) is 13.9. The van der Waals surface area contributed by atoms with Gasteiger partial charge in [0.05, 0.1) is 17.8 Å². The van der Waals surface area contributed by atoms with E-state index in [-0.39, 0.29) is 11.8 Å². The maximum Gasteiger partial charge on any atom is 0.421 e. The third kappa shape index (κ3) is 3.86. The highest BCUT2D eigenvalue weighted by Crippen LogP contribution is 2.36. The van der Waals surface area contributed by atoms with E-state index in [4.69, 9.17) is 5.73 Å². The van der Waals surface area contributed by atoms with Crippen molar-refractivity contribution in [1.82, 2.24) is 19.7 Å². The highest BCUT2D eigenvalue weighted by Gasteiger charge is 2.38. The van der Waals surface area contributed by atoms with Gasteiger partial charge in [0.15, 0.2) is 0 Å². The quantitative estimate of drug-likeness (QED) is 0.744. The van der Waals surface area contributed by atoms with Crippen molar-refractivity contribution in [1.29, 1.82) is 0 Å². The van der Waals surface area contributed by atoms with Gasteiger partial charge in [0.2, 0.25) is 11.9 Å². The topological polar surface area (TPSA) is 111 Å². The maximum absolute atomic E-state index is 13.3. The zero-order valence-electron chi connectivity index (χ0n) is 13.9. The fourth-order valence-corrected chi connectivity index (χ4v) is 3.02. The molecule has 0 radical (unpaired) electrons. The maximum atomic E-state index is 13.3. The molecular weight excluding hydrogens is 351 g/mol. The van der Waals surface area contributed by atoms with E-state index in [0.717, 1.165) is 0 Å². The first-order chi connectivity index (χ1) is 12.2. The van der Waals surface area contributed by atoms with Crippen LogP contribution in [0.1, 0.15) is 24.8 Å². The van der Waals surface area contributed by atoms with Crippen LogP contribution in [-0.2, 0) is 18.0 Å². The van der Waals surface area contributed by atoms with Crippen LogP contribution >= 0.6 is 0 Å². The molecular formula is C15H18F3N7O. The molecule has 1 amide bonds. The summed E-state index contributed by atoms with van der Waals surface area (Å²) in [7, 11) is 1.70. The normalized spacial score (nSPS) is 20.2. The molecule has 2 atom stereocenters.